The molecule has 2 rings (SSSR count). The summed E-state index contributed by atoms with van der Waals surface area (Å²) >= 11 is 0. The Labute approximate surface area is 132 Å². The van der Waals surface area contributed by atoms with Crippen molar-refractivity contribution in [3.8, 4) is 0 Å². The van der Waals surface area contributed by atoms with Gasteiger partial charge < -0.3 is 10.0 Å². The number of aryl methyl sites for hydroxylation is 1. The molecule has 1 N–H and O–H groups in total. The fourth-order valence-corrected chi connectivity index (χ4v) is 2.49. The molecule has 1 amide bonds. The molecule has 0 bridgehead atoms. The van der Waals surface area contributed by atoms with Crippen molar-refractivity contribution >= 4 is 5.91 Å². The fourth-order valence-electron chi connectivity index (χ4n) is 2.49. The average molecular weight is 308 g/mol. The summed E-state index contributed by atoms with van der Waals surface area (Å²) in [5.41, 5.74) is 0.957. The van der Waals surface area contributed by atoms with E-state index >= 15 is 0 Å². The highest BCUT2D eigenvalue weighted by molar-refractivity contribution is 5.76. The molecule has 0 unspecified atom stereocenters. The number of β-amino-alcohol motifs (C(OH)–C–C–N with tert-alkyl or cyclic N) is 1. The lowest BCUT2D eigenvalue weighted by Crippen LogP contribution is -2.52. The highest BCUT2D eigenvalue weighted by Crippen LogP contribution is 2.20. The number of carbonyl (C=O) groups is 1. The molecule has 1 aromatic heterocycles. The van der Waals surface area contributed by atoms with Crippen molar-refractivity contribution < 1.29 is 9.90 Å². The van der Waals surface area contributed by atoms with Crippen LogP contribution in [0.25, 0.3) is 0 Å². The predicted octanol–water partition coefficient (Wildman–Crippen LogP) is 0.743. The number of rotatable bonds is 4. The first kappa shape index (κ1) is 17.0. The fraction of sp³-hybridized carbons (Fsp3) is 0.750. The summed E-state index contributed by atoms with van der Waals surface area (Å²) in [6.07, 6.45) is 3.30. The van der Waals surface area contributed by atoms with Gasteiger partial charge in [0.15, 0.2) is 0 Å². The number of aromatic nitrogens is 2. The van der Waals surface area contributed by atoms with Gasteiger partial charge in [-0.1, -0.05) is 20.8 Å². The van der Waals surface area contributed by atoms with Crippen molar-refractivity contribution in [1.82, 2.24) is 19.6 Å². The number of carbonyl (C=O) groups excluding carboxylic acids is 1. The van der Waals surface area contributed by atoms with E-state index in [0.717, 1.165) is 31.7 Å². The molecule has 0 aromatic carbocycles. The number of piperazine rings is 1. The van der Waals surface area contributed by atoms with E-state index in [1.807, 2.05) is 38.8 Å². The van der Waals surface area contributed by atoms with Crippen molar-refractivity contribution in [2.45, 2.75) is 40.3 Å². The lowest BCUT2D eigenvalue weighted by atomic mass is 9.89. The summed E-state index contributed by atoms with van der Waals surface area (Å²) in [4.78, 5) is 16.4. The van der Waals surface area contributed by atoms with Gasteiger partial charge in [0.2, 0.25) is 5.91 Å². The van der Waals surface area contributed by atoms with Crippen LogP contribution in [0.3, 0.4) is 0 Å². The van der Waals surface area contributed by atoms with Gasteiger partial charge in [-0.15, -0.1) is 0 Å². The van der Waals surface area contributed by atoms with E-state index in [9.17, 15) is 9.90 Å². The zero-order valence-electron chi connectivity index (χ0n) is 14.1. The minimum Gasteiger partial charge on any atom is -0.391 e. The summed E-state index contributed by atoms with van der Waals surface area (Å²) in [6.45, 7) is 12.1. The Hall–Kier alpha value is -1.40. The van der Waals surface area contributed by atoms with Crippen molar-refractivity contribution in [1.29, 1.82) is 0 Å². The molecule has 0 aliphatic carbocycles. The van der Waals surface area contributed by atoms with E-state index in [4.69, 9.17) is 0 Å². The Balaban J connectivity index is 1.78. The molecule has 1 aliphatic heterocycles. The first-order valence-corrected chi connectivity index (χ1v) is 7.93. The third-order valence-electron chi connectivity index (χ3n) is 4.22. The quantitative estimate of drug-likeness (QED) is 0.891. The van der Waals surface area contributed by atoms with Crippen molar-refractivity contribution in [3.05, 3.63) is 18.0 Å². The minimum atomic E-state index is -0.346. The normalized spacial score (nSPS) is 18.5. The third kappa shape index (κ3) is 4.55. The molecule has 6 heteroatoms. The summed E-state index contributed by atoms with van der Waals surface area (Å²) in [7, 11) is 0. The van der Waals surface area contributed by atoms with Crippen LogP contribution in [0.5, 0.6) is 0 Å². The zero-order valence-corrected chi connectivity index (χ0v) is 14.1. The maximum Gasteiger partial charge on any atom is 0.244 e. The average Bonchev–Trinajstić information content (AvgIpc) is 2.83. The van der Waals surface area contributed by atoms with Crippen LogP contribution in [0.2, 0.25) is 0 Å². The molecular formula is C16H28N4O2. The van der Waals surface area contributed by atoms with Gasteiger partial charge in [0, 0.05) is 38.9 Å². The van der Waals surface area contributed by atoms with Crippen LogP contribution in [-0.2, 0) is 11.3 Å². The van der Waals surface area contributed by atoms with E-state index in [2.05, 4.69) is 10.00 Å². The number of hydrogen-bond acceptors (Lipinski definition) is 4. The maximum absolute atomic E-state index is 12.3. The van der Waals surface area contributed by atoms with E-state index < -0.39 is 0 Å². The Morgan fingerprint density at radius 3 is 2.45 bits per heavy atom. The lowest BCUT2D eigenvalue weighted by Gasteiger charge is -2.38. The molecule has 0 radical (unpaired) electrons. The van der Waals surface area contributed by atoms with Gasteiger partial charge in [0.05, 0.1) is 12.3 Å². The molecule has 0 saturated carbocycles. The Morgan fingerprint density at radius 1 is 1.32 bits per heavy atom. The molecular weight excluding hydrogens is 280 g/mol. The van der Waals surface area contributed by atoms with Crippen molar-refractivity contribution in [2.24, 2.45) is 5.41 Å². The van der Waals surface area contributed by atoms with Crippen molar-refractivity contribution in [2.75, 3.05) is 32.7 Å². The molecule has 0 spiro atoms. The summed E-state index contributed by atoms with van der Waals surface area (Å²) in [5, 5.41) is 14.3. The maximum atomic E-state index is 12.3. The summed E-state index contributed by atoms with van der Waals surface area (Å²) < 4.78 is 1.69. The van der Waals surface area contributed by atoms with Crippen LogP contribution >= 0.6 is 0 Å². The van der Waals surface area contributed by atoms with E-state index in [1.165, 1.54) is 0 Å². The van der Waals surface area contributed by atoms with Gasteiger partial charge >= 0.3 is 0 Å². The topological polar surface area (TPSA) is 61.6 Å². The zero-order chi connectivity index (χ0) is 16.3. The third-order valence-corrected chi connectivity index (χ3v) is 4.22. The Morgan fingerprint density at radius 2 is 1.95 bits per heavy atom. The van der Waals surface area contributed by atoms with Gasteiger partial charge in [0.25, 0.3) is 0 Å². The van der Waals surface area contributed by atoms with Gasteiger partial charge in [0.1, 0.15) is 6.54 Å². The minimum absolute atomic E-state index is 0.106. The monoisotopic (exact) mass is 308 g/mol. The number of aliphatic hydroxyl groups is 1. The van der Waals surface area contributed by atoms with Gasteiger partial charge in [-0.2, -0.15) is 5.10 Å². The molecule has 1 aliphatic rings. The molecule has 1 saturated heterocycles. The van der Waals surface area contributed by atoms with E-state index in [0.29, 0.717) is 13.1 Å². The molecule has 6 nitrogen and oxygen atoms in total. The number of aliphatic hydroxyl groups excluding tert-OH is 1. The second-order valence-electron chi connectivity index (χ2n) is 7.28. The number of amides is 1. The largest absolute Gasteiger partial charge is 0.391 e. The molecule has 1 fully saturated rings. The van der Waals surface area contributed by atoms with Crippen LogP contribution in [0, 0.1) is 12.3 Å². The second kappa shape index (κ2) is 6.79. The Kier molecular flexibility index (Phi) is 5.24. The lowest BCUT2D eigenvalue weighted by molar-refractivity contribution is -0.134. The Bertz CT molecular complexity index is 498. The van der Waals surface area contributed by atoms with Gasteiger partial charge in [-0.3, -0.25) is 14.4 Å². The molecule has 124 valence electrons. The molecule has 1 aromatic rings. The van der Waals surface area contributed by atoms with E-state index in [1.54, 1.807) is 10.9 Å². The molecule has 2 heterocycles. The predicted molar refractivity (Wildman–Crippen MR) is 85.4 cm³/mol. The van der Waals surface area contributed by atoms with Gasteiger partial charge in [-0.05, 0) is 17.9 Å². The van der Waals surface area contributed by atoms with Gasteiger partial charge in [-0.25, -0.2) is 0 Å². The van der Waals surface area contributed by atoms with Crippen molar-refractivity contribution in [3.63, 3.8) is 0 Å². The molecule has 22 heavy (non-hydrogen) atoms. The summed E-state index contributed by atoms with van der Waals surface area (Å²) in [6, 6.07) is 0. The first-order chi connectivity index (χ1) is 10.3. The second-order valence-corrected chi connectivity index (χ2v) is 7.28. The van der Waals surface area contributed by atoms with E-state index in [-0.39, 0.29) is 17.4 Å². The van der Waals surface area contributed by atoms with Crippen LogP contribution in [0.4, 0.5) is 0 Å². The van der Waals surface area contributed by atoms with Crippen LogP contribution in [0.15, 0.2) is 12.4 Å². The first-order valence-electron chi connectivity index (χ1n) is 7.93. The standard InChI is InChI=1S/C16H28N4O2/c1-13-9-17-20(10-13)12-15(22)19-7-5-18(6-8-19)11-14(21)16(2,3)4/h9-10,14,21H,5-8,11-12H2,1-4H3/t14-/m1/s1. The van der Waals surface area contributed by atoms with Crippen LogP contribution in [0.1, 0.15) is 26.3 Å². The highest BCUT2D eigenvalue weighted by atomic mass is 16.3. The number of nitrogens with zero attached hydrogens (tertiary/aromatic N) is 4. The van der Waals surface area contributed by atoms with Crippen LogP contribution < -0.4 is 0 Å². The van der Waals surface area contributed by atoms with Crippen LogP contribution in [-0.4, -0.2) is 69.4 Å². The SMILES string of the molecule is Cc1cnn(CC(=O)N2CCN(C[C@@H](O)C(C)(C)C)CC2)c1. The highest BCUT2D eigenvalue weighted by Gasteiger charge is 2.27. The summed E-state index contributed by atoms with van der Waals surface area (Å²) in [5.74, 6) is 0.110. The smallest absolute Gasteiger partial charge is 0.244 e. The number of hydrogen-bond donors (Lipinski definition) is 1. The molecule has 1 atom stereocenters.